The number of ether oxygens (including phenoxy) is 3. The van der Waals surface area contributed by atoms with E-state index < -0.39 is 0 Å². The lowest BCUT2D eigenvalue weighted by molar-refractivity contribution is -0.116. The summed E-state index contributed by atoms with van der Waals surface area (Å²) in [5.74, 6) is 3.26. The molecule has 33 heavy (non-hydrogen) atoms. The number of hydrogen-bond donors (Lipinski definition) is 1. The maximum Gasteiger partial charge on any atom is 0.227 e. The summed E-state index contributed by atoms with van der Waals surface area (Å²) < 4.78 is 21.6. The highest BCUT2D eigenvalue weighted by atomic mass is 16.5. The normalized spacial score (nSPS) is 10.5. The third-order valence-electron chi connectivity index (χ3n) is 4.79. The first-order valence-electron chi connectivity index (χ1n) is 10.3. The Bertz CT molecular complexity index is 1210. The van der Waals surface area contributed by atoms with Gasteiger partial charge in [-0.05, 0) is 54.6 Å². The smallest absolute Gasteiger partial charge is 0.227 e. The fourth-order valence-corrected chi connectivity index (χ4v) is 3.12. The van der Waals surface area contributed by atoms with Crippen LogP contribution in [0.25, 0.3) is 11.4 Å². The van der Waals surface area contributed by atoms with Gasteiger partial charge >= 0.3 is 0 Å². The molecule has 0 unspecified atom stereocenters. The minimum atomic E-state index is -0.155. The van der Waals surface area contributed by atoms with Gasteiger partial charge in [-0.3, -0.25) is 4.79 Å². The number of nitrogens with zero attached hydrogens (tertiary/aromatic N) is 2. The van der Waals surface area contributed by atoms with Crippen LogP contribution in [0.3, 0.4) is 0 Å². The average molecular weight is 445 g/mol. The van der Waals surface area contributed by atoms with Crippen LogP contribution in [0.1, 0.15) is 12.3 Å². The molecule has 4 aromatic rings. The highest BCUT2D eigenvalue weighted by Gasteiger charge is 2.13. The number of para-hydroxylation sites is 1. The van der Waals surface area contributed by atoms with E-state index in [1.54, 1.807) is 50.6 Å². The molecule has 0 aliphatic rings. The molecular formula is C25H23N3O5. The lowest BCUT2D eigenvalue weighted by atomic mass is 10.2. The van der Waals surface area contributed by atoms with Gasteiger partial charge in [-0.25, -0.2) is 0 Å². The Hall–Kier alpha value is -4.33. The van der Waals surface area contributed by atoms with Gasteiger partial charge in [0, 0.05) is 24.1 Å². The summed E-state index contributed by atoms with van der Waals surface area (Å²) in [7, 11) is 3.13. The van der Waals surface area contributed by atoms with E-state index >= 15 is 0 Å². The van der Waals surface area contributed by atoms with Gasteiger partial charge in [-0.2, -0.15) is 4.98 Å². The van der Waals surface area contributed by atoms with Crippen molar-refractivity contribution in [3.8, 4) is 34.4 Å². The molecule has 4 rings (SSSR count). The van der Waals surface area contributed by atoms with Crippen LogP contribution in [0.4, 0.5) is 5.69 Å². The number of hydrogen-bond acceptors (Lipinski definition) is 7. The highest BCUT2D eigenvalue weighted by Crippen LogP contribution is 2.31. The lowest BCUT2D eigenvalue weighted by Gasteiger charge is -2.08. The van der Waals surface area contributed by atoms with Gasteiger partial charge < -0.3 is 24.1 Å². The molecule has 8 heteroatoms. The second kappa shape index (κ2) is 10.3. The van der Waals surface area contributed by atoms with Crippen LogP contribution in [-0.4, -0.2) is 30.3 Å². The van der Waals surface area contributed by atoms with Crippen molar-refractivity contribution >= 4 is 11.6 Å². The molecule has 1 heterocycles. The molecule has 1 N–H and O–H groups in total. The van der Waals surface area contributed by atoms with Crippen LogP contribution < -0.4 is 19.5 Å². The zero-order valence-corrected chi connectivity index (χ0v) is 18.3. The van der Waals surface area contributed by atoms with Crippen molar-refractivity contribution in [2.24, 2.45) is 0 Å². The van der Waals surface area contributed by atoms with Gasteiger partial charge in [0.1, 0.15) is 11.5 Å². The number of methoxy groups -OCH3 is 2. The quantitative estimate of drug-likeness (QED) is 0.382. The fraction of sp³-hybridized carbons (Fsp3) is 0.160. The minimum absolute atomic E-state index is 0.155. The second-order valence-corrected chi connectivity index (χ2v) is 7.07. The Balaban J connectivity index is 1.30. The lowest BCUT2D eigenvalue weighted by Crippen LogP contribution is -2.12. The number of anilines is 1. The average Bonchev–Trinajstić information content (AvgIpc) is 3.33. The molecule has 0 spiro atoms. The molecule has 0 atom stereocenters. The third-order valence-corrected chi connectivity index (χ3v) is 4.79. The van der Waals surface area contributed by atoms with Gasteiger partial charge in [0.15, 0.2) is 11.5 Å². The predicted molar refractivity (Wildman–Crippen MR) is 123 cm³/mol. The fourth-order valence-electron chi connectivity index (χ4n) is 3.12. The molecule has 0 aliphatic heterocycles. The third kappa shape index (κ3) is 5.68. The maximum atomic E-state index is 12.3. The maximum absolute atomic E-state index is 12.3. The van der Waals surface area contributed by atoms with E-state index in [9.17, 15) is 4.79 Å². The summed E-state index contributed by atoms with van der Waals surface area (Å²) in [5, 5.41) is 6.85. The summed E-state index contributed by atoms with van der Waals surface area (Å²) in [6.45, 7) is 0. The van der Waals surface area contributed by atoms with Crippen molar-refractivity contribution in [2.75, 3.05) is 19.5 Å². The highest BCUT2D eigenvalue weighted by molar-refractivity contribution is 5.90. The van der Waals surface area contributed by atoms with Gasteiger partial charge in [-0.15, -0.1) is 0 Å². The van der Waals surface area contributed by atoms with Gasteiger partial charge in [0.05, 0.1) is 14.2 Å². The summed E-state index contributed by atoms with van der Waals surface area (Å²) in [6, 6.07) is 22.0. The number of aromatic nitrogens is 2. The Morgan fingerprint density at radius 1 is 0.909 bits per heavy atom. The summed E-state index contributed by atoms with van der Waals surface area (Å²) in [4.78, 5) is 16.7. The van der Waals surface area contributed by atoms with Crippen LogP contribution in [0.5, 0.6) is 23.0 Å². The van der Waals surface area contributed by atoms with E-state index in [4.69, 9.17) is 18.7 Å². The van der Waals surface area contributed by atoms with Crippen LogP contribution in [0, 0.1) is 0 Å². The molecule has 3 aromatic carbocycles. The largest absolute Gasteiger partial charge is 0.493 e. The van der Waals surface area contributed by atoms with Gasteiger partial charge in [0.2, 0.25) is 17.6 Å². The summed E-state index contributed by atoms with van der Waals surface area (Å²) in [5.41, 5.74) is 1.40. The number of benzene rings is 3. The Kier molecular flexibility index (Phi) is 6.84. The first kappa shape index (κ1) is 21.9. The molecule has 1 amide bonds. The van der Waals surface area contributed by atoms with Crippen molar-refractivity contribution in [3.63, 3.8) is 0 Å². The molecule has 0 saturated heterocycles. The van der Waals surface area contributed by atoms with Crippen molar-refractivity contribution in [1.29, 1.82) is 0 Å². The van der Waals surface area contributed by atoms with E-state index in [1.807, 2.05) is 36.4 Å². The number of carbonyl (C=O) groups is 1. The minimum Gasteiger partial charge on any atom is -0.493 e. The van der Waals surface area contributed by atoms with Crippen LogP contribution in [0.15, 0.2) is 77.3 Å². The summed E-state index contributed by atoms with van der Waals surface area (Å²) >= 11 is 0. The van der Waals surface area contributed by atoms with Crippen molar-refractivity contribution in [3.05, 3.63) is 78.7 Å². The molecule has 1 aromatic heterocycles. The number of rotatable bonds is 9. The zero-order chi connectivity index (χ0) is 23.0. The first-order valence-corrected chi connectivity index (χ1v) is 10.3. The van der Waals surface area contributed by atoms with E-state index in [0.29, 0.717) is 41.1 Å². The molecular weight excluding hydrogens is 422 g/mol. The Morgan fingerprint density at radius 2 is 1.64 bits per heavy atom. The number of nitrogens with one attached hydrogen (secondary N) is 1. The molecule has 0 aliphatic carbocycles. The topological polar surface area (TPSA) is 95.7 Å². The monoisotopic (exact) mass is 445 g/mol. The molecule has 0 saturated carbocycles. The SMILES string of the molecule is COc1ccc(-c2noc(CCC(=O)Nc3ccc(Oc4ccccc4)cc3)n2)cc1OC. The first-order chi connectivity index (χ1) is 16.1. The van der Waals surface area contributed by atoms with Gasteiger partial charge in [0.25, 0.3) is 0 Å². The van der Waals surface area contributed by atoms with Gasteiger partial charge in [-0.1, -0.05) is 23.4 Å². The van der Waals surface area contributed by atoms with Crippen LogP contribution in [0.2, 0.25) is 0 Å². The molecule has 0 fully saturated rings. The molecule has 8 nitrogen and oxygen atoms in total. The number of amides is 1. The van der Waals surface area contributed by atoms with Crippen molar-refractivity contribution < 1.29 is 23.5 Å². The summed E-state index contributed by atoms with van der Waals surface area (Å²) in [6.07, 6.45) is 0.525. The zero-order valence-electron chi connectivity index (χ0n) is 18.3. The predicted octanol–water partition coefficient (Wildman–Crippen LogP) is 5.12. The standard InChI is InChI=1S/C25H23N3O5/c1-30-21-13-8-17(16-22(21)31-2)25-27-24(33-28-25)15-14-23(29)26-18-9-11-20(12-10-18)32-19-6-4-3-5-7-19/h3-13,16H,14-15H2,1-2H3,(H,26,29). The van der Waals surface area contributed by atoms with E-state index in [-0.39, 0.29) is 12.3 Å². The number of aryl methyl sites for hydroxylation is 1. The van der Waals surface area contributed by atoms with E-state index in [1.165, 1.54) is 0 Å². The second-order valence-electron chi connectivity index (χ2n) is 7.07. The Morgan fingerprint density at radius 3 is 2.36 bits per heavy atom. The molecule has 168 valence electrons. The van der Waals surface area contributed by atoms with E-state index in [0.717, 1.165) is 11.3 Å². The van der Waals surface area contributed by atoms with Crippen molar-refractivity contribution in [2.45, 2.75) is 12.8 Å². The Labute approximate surface area is 191 Å². The molecule has 0 bridgehead atoms. The van der Waals surface area contributed by atoms with Crippen LogP contribution in [-0.2, 0) is 11.2 Å². The molecule has 0 radical (unpaired) electrons. The van der Waals surface area contributed by atoms with E-state index in [2.05, 4.69) is 15.5 Å². The van der Waals surface area contributed by atoms with Crippen molar-refractivity contribution in [1.82, 2.24) is 10.1 Å². The number of carbonyl (C=O) groups excluding carboxylic acids is 1. The van der Waals surface area contributed by atoms with Crippen LogP contribution >= 0.6 is 0 Å².